The molecule has 0 aliphatic rings. The molecule has 1 heterocycles. The number of amides is 2. The number of carbonyl (C=O) groups excluding carboxylic acids is 2. The fourth-order valence-corrected chi connectivity index (χ4v) is 2.32. The minimum atomic E-state index is -0.377. The highest BCUT2D eigenvalue weighted by molar-refractivity contribution is 5.83. The van der Waals surface area contributed by atoms with Crippen molar-refractivity contribution in [1.82, 2.24) is 21.0 Å². The standard InChI is InChI=1S/C19H17FN4O3/c20-15-8-6-14(7-9-15)19-21-18(27-24-19)11-10-16(25)22-23-17(26)12-13-4-2-1-3-5-13/h1-9H,10-12H2,(H,22,25)(H,23,26). The zero-order valence-electron chi connectivity index (χ0n) is 14.3. The Kier molecular flexibility index (Phi) is 5.88. The third-order valence-electron chi connectivity index (χ3n) is 3.69. The molecule has 0 radical (unpaired) electrons. The summed E-state index contributed by atoms with van der Waals surface area (Å²) in [4.78, 5) is 27.8. The molecule has 3 aromatic rings. The average Bonchev–Trinajstić information content (AvgIpc) is 3.15. The van der Waals surface area contributed by atoms with E-state index in [9.17, 15) is 14.0 Å². The highest BCUT2D eigenvalue weighted by atomic mass is 19.1. The van der Waals surface area contributed by atoms with E-state index in [2.05, 4.69) is 21.0 Å². The fraction of sp³-hybridized carbons (Fsp3) is 0.158. The summed E-state index contributed by atoms with van der Waals surface area (Å²) in [5.74, 6) is -0.445. The van der Waals surface area contributed by atoms with Crippen LogP contribution in [-0.4, -0.2) is 22.0 Å². The summed E-state index contributed by atoms with van der Waals surface area (Å²) in [6.45, 7) is 0. The monoisotopic (exact) mass is 368 g/mol. The Morgan fingerprint density at radius 3 is 2.41 bits per heavy atom. The van der Waals surface area contributed by atoms with Crippen molar-refractivity contribution < 1.29 is 18.5 Å². The number of benzene rings is 2. The number of rotatable bonds is 6. The summed E-state index contributed by atoms with van der Waals surface area (Å²) in [7, 11) is 0. The van der Waals surface area contributed by atoms with E-state index in [1.54, 1.807) is 12.1 Å². The predicted octanol–water partition coefficient (Wildman–Crippen LogP) is 2.20. The van der Waals surface area contributed by atoms with Crippen LogP contribution >= 0.6 is 0 Å². The number of nitrogens with zero attached hydrogens (tertiary/aromatic N) is 2. The van der Waals surface area contributed by atoms with Gasteiger partial charge in [0.15, 0.2) is 0 Å². The van der Waals surface area contributed by atoms with Gasteiger partial charge in [-0.05, 0) is 29.8 Å². The van der Waals surface area contributed by atoms with Crippen molar-refractivity contribution in [1.29, 1.82) is 0 Å². The molecule has 27 heavy (non-hydrogen) atoms. The summed E-state index contributed by atoms with van der Waals surface area (Å²) in [5.41, 5.74) is 6.18. The zero-order chi connectivity index (χ0) is 19.1. The predicted molar refractivity (Wildman–Crippen MR) is 94.4 cm³/mol. The number of hydrazine groups is 1. The van der Waals surface area contributed by atoms with Crippen molar-refractivity contribution in [3.05, 3.63) is 71.9 Å². The molecule has 0 atom stereocenters. The van der Waals surface area contributed by atoms with Gasteiger partial charge in [-0.25, -0.2) is 4.39 Å². The molecule has 0 bridgehead atoms. The van der Waals surface area contributed by atoms with Gasteiger partial charge in [0.25, 0.3) is 0 Å². The van der Waals surface area contributed by atoms with E-state index < -0.39 is 0 Å². The van der Waals surface area contributed by atoms with Crippen LogP contribution in [0.1, 0.15) is 17.9 Å². The van der Waals surface area contributed by atoms with Crippen LogP contribution < -0.4 is 10.9 Å². The van der Waals surface area contributed by atoms with Crippen molar-refractivity contribution in [2.24, 2.45) is 0 Å². The maximum Gasteiger partial charge on any atom is 0.242 e. The molecule has 0 spiro atoms. The first-order valence-electron chi connectivity index (χ1n) is 8.30. The van der Waals surface area contributed by atoms with Gasteiger partial charge < -0.3 is 4.52 Å². The molecule has 0 aliphatic carbocycles. The molecular formula is C19H17FN4O3. The molecule has 0 unspecified atom stereocenters. The summed E-state index contributed by atoms with van der Waals surface area (Å²) in [5, 5.41) is 3.81. The molecule has 3 rings (SSSR count). The van der Waals surface area contributed by atoms with Gasteiger partial charge in [0.05, 0.1) is 6.42 Å². The minimum absolute atomic E-state index is 0.0661. The van der Waals surface area contributed by atoms with Crippen LogP contribution in [0.2, 0.25) is 0 Å². The third-order valence-corrected chi connectivity index (χ3v) is 3.69. The van der Waals surface area contributed by atoms with Gasteiger partial charge in [-0.2, -0.15) is 4.98 Å². The fourth-order valence-electron chi connectivity index (χ4n) is 2.32. The highest BCUT2D eigenvalue weighted by Crippen LogP contribution is 2.16. The molecule has 1 aromatic heterocycles. The van der Waals surface area contributed by atoms with Crippen LogP contribution in [0.25, 0.3) is 11.4 Å². The number of aromatic nitrogens is 2. The molecule has 8 heteroatoms. The van der Waals surface area contributed by atoms with Crippen LogP contribution in [-0.2, 0) is 22.4 Å². The Morgan fingerprint density at radius 1 is 0.963 bits per heavy atom. The number of carbonyl (C=O) groups is 2. The Bertz CT molecular complexity index is 910. The van der Waals surface area contributed by atoms with Crippen molar-refractivity contribution in [2.75, 3.05) is 0 Å². The number of hydrogen-bond acceptors (Lipinski definition) is 5. The molecule has 138 valence electrons. The number of hydrogen-bond donors (Lipinski definition) is 2. The van der Waals surface area contributed by atoms with Crippen LogP contribution in [0, 0.1) is 5.82 Å². The summed E-state index contributed by atoms with van der Waals surface area (Å²) in [6, 6.07) is 14.9. The summed E-state index contributed by atoms with van der Waals surface area (Å²) < 4.78 is 18.0. The van der Waals surface area contributed by atoms with E-state index in [0.717, 1.165) is 5.56 Å². The first kappa shape index (κ1) is 18.2. The molecular weight excluding hydrogens is 351 g/mol. The van der Waals surface area contributed by atoms with E-state index in [0.29, 0.717) is 11.4 Å². The molecule has 0 saturated carbocycles. The smallest absolute Gasteiger partial charge is 0.242 e. The second-order valence-corrected chi connectivity index (χ2v) is 5.78. The van der Waals surface area contributed by atoms with Gasteiger partial charge >= 0.3 is 0 Å². The largest absolute Gasteiger partial charge is 0.339 e. The lowest BCUT2D eigenvalue weighted by atomic mass is 10.1. The first-order valence-corrected chi connectivity index (χ1v) is 8.30. The van der Waals surface area contributed by atoms with Gasteiger partial charge in [-0.15, -0.1) is 0 Å². The lowest BCUT2D eigenvalue weighted by molar-refractivity contribution is -0.128. The second-order valence-electron chi connectivity index (χ2n) is 5.78. The van der Waals surface area contributed by atoms with Crippen LogP contribution in [0.4, 0.5) is 4.39 Å². The topological polar surface area (TPSA) is 97.1 Å². The van der Waals surface area contributed by atoms with Gasteiger partial charge in [0, 0.05) is 18.4 Å². The lowest BCUT2D eigenvalue weighted by Crippen LogP contribution is -2.42. The molecule has 7 nitrogen and oxygen atoms in total. The van der Waals surface area contributed by atoms with E-state index in [-0.39, 0.29) is 42.8 Å². The summed E-state index contributed by atoms with van der Waals surface area (Å²) >= 11 is 0. The number of nitrogens with one attached hydrogen (secondary N) is 2. The normalized spacial score (nSPS) is 10.4. The van der Waals surface area contributed by atoms with Crippen LogP contribution in [0.5, 0.6) is 0 Å². The maximum absolute atomic E-state index is 12.9. The Balaban J connectivity index is 1.43. The van der Waals surface area contributed by atoms with E-state index in [1.165, 1.54) is 12.1 Å². The molecule has 0 saturated heterocycles. The quantitative estimate of drug-likeness (QED) is 0.650. The first-order chi connectivity index (χ1) is 13.1. The van der Waals surface area contributed by atoms with Crippen molar-refractivity contribution in [3.8, 4) is 11.4 Å². The van der Waals surface area contributed by atoms with Gasteiger partial charge in [0.1, 0.15) is 5.82 Å². The van der Waals surface area contributed by atoms with Crippen LogP contribution in [0.3, 0.4) is 0 Å². The molecule has 0 fully saturated rings. The minimum Gasteiger partial charge on any atom is -0.339 e. The average molecular weight is 368 g/mol. The molecule has 2 aromatic carbocycles. The van der Waals surface area contributed by atoms with E-state index in [4.69, 9.17) is 4.52 Å². The molecule has 0 aliphatic heterocycles. The summed E-state index contributed by atoms with van der Waals surface area (Å²) in [6.07, 6.45) is 0.455. The SMILES string of the molecule is O=C(CCc1nc(-c2ccc(F)cc2)no1)NNC(=O)Cc1ccccc1. The molecule has 2 amide bonds. The van der Waals surface area contributed by atoms with Crippen molar-refractivity contribution >= 4 is 11.8 Å². The zero-order valence-corrected chi connectivity index (χ0v) is 14.3. The number of halogens is 1. The highest BCUT2D eigenvalue weighted by Gasteiger charge is 2.11. The van der Waals surface area contributed by atoms with Crippen molar-refractivity contribution in [3.63, 3.8) is 0 Å². The molecule has 2 N–H and O–H groups in total. The Labute approximate surface area is 154 Å². The van der Waals surface area contributed by atoms with Crippen molar-refractivity contribution in [2.45, 2.75) is 19.3 Å². The van der Waals surface area contributed by atoms with Gasteiger partial charge in [0.2, 0.25) is 23.5 Å². The second kappa shape index (κ2) is 8.70. The van der Waals surface area contributed by atoms with Gasteiger partial charge in [-0.3, -0.25) is 20.4 Å². The maximum atomic E-state index is 12.9. The Hall–Kier alpha value is -3.55. The third kappa shape index (κ3) is 5.46. The van der Waals surface area contributed by atoms with Crippen LogP contribution in [0.15, 0.2) is 59.1 Å². The van der Waals surface area contributed by atoms with E-state index >= 15 is 0 Å². The Morgan fingerprint density at radius 2 is 1.67 bits per heavy atom. The lowest BCUT2D eigenvalue weighted by Gasteiger charge is -2.06. The van der Waals surface area contributed by atoms with Gasteiger partial charge in [-0.1, -0.05) is 35.5 Å². The number of aryl methyl sites for hydroxylation is 1. The van der Waals surface area contributed by atoms with E-state index in [1.807, 2.05) is 30.3 Å².